The van der Waals surface area contributed by atoms with Crippen molar-refractivity contribution in [3.63, 3.8) is 0 Å². The van der Waals surface area contributed by atoms with Crippen molar-refractivity contribution < 1.29 is 23.8 Å². The summed E-state index contributed by atoms with van der Waals surface area (Å²) in [5.41, 5.74) is -0.991. The highest BCUT2D eigenvalue weighted by Gasteiger charge is 2.20. The van der Waals surface area contributed by atoms with Gasteiger partial charge in [-0.3, -0.25) is 29.8 Å². The largest absolute Gasteiger partial charge is 0.322 e. The Labute approximate surface area is 183 Å². The average Bonchev–Trinajstić information content (AvgIpc) is 2.76. The molecule has 0 aliphatic rings. The first-order chi connectivity index (χ1) is 15.1. The Hall–Kier alpha value is -4.38. The quantitative estimate of drug-likeness (QED) is 0.401. The first-order valence-electron chi connectivity index (χ1n) is 8.76. The van der Waals surface area contributed by atoms with Gasteiger partial charge in [0.05, 0.1) is 26.5 Å². The van der Waals surface area contributed by atoms with Gasteiger partial charge >= 0.3 is 0 Å². The first kappa shape index (κ1) is 22.3. The van der Waals surface area contributed by atoms with E-state index in [9.17, 15) is 34.2 Å². The van der Waals surface area contributed by atoms with E-state index in [2.05, 4.69) is 10.6 Å². The maximum atomic E-state index is 13.3. The molecule has 3 rings (SSSR count). The van der Waals surface area contributed by atoms with Crippen LogP contribution in [0.4, 0.5) is 27.1 Å². The number of nitro benzene ring substituents is 2. The standard InChI is InChI=1S/C20H12ClFN4O6/c21-17-9-14(4-5-18(17)22)24-19(27)11-2-1-3-13(6-11)23-20(28)12-7-15(25(29)30)10-16(8-12)26(31)32/h1-10H,(H,23,28)(H,24,27). The summed E-state index contributed by atoms with van der Waals surface area (Å²) in [7, 11) is 0. The summed E-state index contributed by atoms with van der Waals surface area (Å²) in [6.07, 6.45) is 0. The monoisotopic (exact) mass is 458 g/mol. The summed E-state index contributed by atoms with van der Waals surface area (Å²) in [5, 5.41) is 26.8. The van der Waals surface area contributed by atoms with Gasteiger partial charge in [-0.15, -0.1) is 0 Å². The lowest BCUT2D eigenvalue weighted by molar-refractivity contribution is -0.394. The van der Waals surface area contributed by atoms with Crippen LogP contribution in [-0.4, -0.2) is 21.7 Å². The third-order valence-corrected chi connectivity index (χ3v) is 4.44. The van der Waals surface area contributed by atoms with Crippen molar-refractivity contribution in [3.8, 4) is 0 Å². The van der Waals surface area contributed by atoms with Crippen molar-refractivity contribution in [2.75, 3.05) is 10.6 Å². The summed E-state index contributed by atoms with van der Waals surface area (Å²) in [5.74, 6) is -2.06. The van der Waals surface area contributed by atoms with E-state index < -0.39 is 38.9 Å². The van der Waals surface area contributed by atoms with Crippen molar-refractivity contribution in [1.29, 1.82) is 0 Å². The summed E-state index contributed by atoms with van der Waals surface area (Å²) in [6.45, 7) is 0. The van der Waals surface area contributed by atoms with Crippen LogP contribution >= 0.6 is 11.6 Å². The lowest BCUT2D eigenvalue weighted by Gasteiger charge is -2.09. The molecule has 0 unspecified atom stereocenters. The van der Waals surface area contributed by atoms with Crippen molar-refractivity contribution >= 4 is 46.2 Å². The summed E-state index contributed by atoms with van der Waals surface area (Å²) in [6, 6.07) is 11.9. The van der Waals surface area contributed by atoms with Gasteiger partial charge < -0.3 is 10.6 Å². The lowest BCUT2D eigenvalue weighted by Crippen LogP contribution is -2.15. The Balaban J connectivity index is 1.80. The molecular weight excluding hydrogens is 447 g/mol. The molecule has 0 spiro atoms. The molecule has 0 aliphatic carbocycles. The highest BCUT2D eigenvalue weighted by atomic mass is 35.5. The van der Waals surface area contributed by atoms with Crippen LogP contribution < -0.4 is 10.6 Å². The number of hydrogen-bond acceptors (Lipinski definition) is 6. The molecule has 0 saturated heterocycles. The molecule has 0 aliphatic heterocycles. The number of nitrogens with one attached hydrogen (secondary N) is 2. The van der Waals surface area contributed by atoms with Gasteiger partial charge in [0, 0.05) is 29.1 Å². The van der Waals surface area contributed by atoms with E-state index in [1.807, 2.05) is 0 Å². The molecule has 10 nitrogen and oxygen atoms in total. The molecule has 32 heavy (non-hydrogen) atoms. The van der Waals surface area contributed by atoms with Gasteiger partial charge in [-0.25, -0.2) is 4.39 Å². The number of amides is 2. The number of anilines is 2. The Morgan fingerprint density at radius 3 is 1.91 bits per heavy atom. The van der Waals surface area contributed by atoms with Gasteiger partial charge in [0.2, 0.25) is 0 Å². The molecule has 0 atom stereocenters. The fourth-order valence-corrected chi connectivity index (χ4v) is 2.84. The second kappa shape index (κ2) is 9.18. The van der Waals surface area contributed by atoms with E-state index >= 15 is 0 Å². The van der Waals surface area contributed by atoms with Crippen LogP contribution in [0.15, 0.2) is 60.7 Å². The molecule has 162 valence electrons. The van der Waals surface area contributed by atoms with Crippen LogP contribution in [0.1, 0.15) is 20.7 Å². The van der Waals surface area contributed by atoms with E-state index in [4.69, 9.17) is 11.6 Å². The average molecular weight is 459 g/mol. The predicted molar refractivity (Wildman–Crippen MR) is 114 cm³/mol. The minimum Gasteiger partial charge on any atom is -0.322 e. The molecule has 3 aromatic carbocycles. The SMILES string of the molecule is O=C(Nc1ccc(F)c(Cl)c1)c1cccc(NC(=O)c2cc([N+](=O)[O-])cc([N+](=O)[O-])c2)c1. The number of nitrogens with zero attached hydrogens (tertiary/aromatic N) is 2. The Bertz CT molecular complexity index is 1230. The fourth-order valence-electron chi connectivity index (χ4n) is 2.66. The number of halogens is 2. The van der Waals surface area contributed by atoms with E-state index in [0.717, 1.165) is 24.3 Å². The van der Waals surface area contributed by atoms with Gasteiger partial charge in [0.15, 0.2) is 0 Å². The third kappa shape index (κ3) is 5.21. The molecule has 2 N–H and O–H groups in total. The maximum absolute atomic E-state index is 13.3. The second-order valence-corrected chi connectivity index (χ2v) is 6.78. The number of carbonyl (C=O) groups is 2. The molecule has 0 saturated carbocycles. The number of benzene rings is 3. The smallest absolute Gasteiger partial charge is 0.277 e. The van der Waals surface area contributed by atoms with Gasteiger partial charge in [-0.2, -0.15) is 0 Å². The zero-order chi connectivity index (χ0) is 23.4. The van der Waals surface area contributed by atoms with Crippen LogP contribution in [0.3, 0.4) is 0 Å². The highest BCUT2D eigenvalue weighted by Crippen LogP contribution is 2.24. The van der Waals surface area contributed by atoms with Crippen LogP contribution in [0.5, 0.6) is 0 Å². The molecule has 3 aromatic rings. The number of non-ortho nitro benzene ring substituents is 2. The molecule has 12 heteroatoms. The number of nitro groups is 2. The van der Waals surface area contributed by atoms with Crippen LogP contribution in [0, 0.1) is 26.0 Å². The van der Waals surface area contributed by atoms with Crippen molar-refractivity contribution in [1.82, 2.24) is 0 Å². The summed E-state index contributed by atoms with van der Waals surface area (Å²) >= 11 is 5.69. The highest BCUT2D eigenvalue weighted by molar-refractivity contribution is 6.31. The van der Waals surface area contributed by atoms with E-state index in [-0.39, 0.29) is 27.5 Å². The molecular formula is C20H12ClFN4O6. The number of rotatable bonds is 6. The van der Waals surface area contributed by atoms with Crippen molar-refractivity contribution in [2.24, 2.45) is 0 Å². The van der Waals surface area contributed by atoms with E-state index in [1.54, 1.807) is 0 Å². The van der Waals surface area contributed by atoms with Crippen molar-refractivity contribution in [3.05, 3.63) is 103 Å². The van der Waals surface area contributed by atoms with Crippen LogP contribution in [0.25, 0.3) is 0 Å². The van der Waals surface area contributed by atoms with Gasteiger partial charge in [0.25, 0.3) is 23.2 Å². The molecule has 0 aromatic heterocycles. The summed E-state index contributed by atoms with van der Waals surface area (Å²) < 4.78 is 13.3. The Morgan fingerprint density at radius 2 is 1.34 bits per heavy atom. The van der Waals surface area contributed by atoms with Crippen LogP contribution in [-0.2, 0) is 0 Å². The molecule has 0 radical (unpaired) electrons. The van der Waals surface area contributed by atoms with E-state index in [1.165, 1.54) is 36.4 Å². The molecule has 2 amide bonds. The zero-order valence-corrected chi connectivity index (χ0v) is 16.6. The third-order valence-electron chi connectivity index (χ3n) is 4.15. The maximum Gasteiger partial charge on any atom is 0.277 e. The zero-order valence-electron chi connectivity index (χ0n) is 15.9. The van der Waals surface area contributed by atoms with Gasteiger partial charge in [-0.05, 0) is 36.4 Å². The molecule has 0 heterocycles. The molecule has 0 bridgehead atoms. The second-order valence-electron chi connectivity index (χ2n) is 6.37. The number of hydrogen-bond donors (Lipinski definition) is 2. The van der Waals surface area contributed by atoms with Gasteiger partial charge in [0.1, 0.15) is 5.82 Å². The molecule has 0 fully saturated rings. The minimum absolute atomic E-state index is 0.133. The summed E-state index contributed by atoms with van der Waals surface area (Å²) in [4.78, 5) is 45.2. The predicted octanol–water partition coefficient (Wildman–Crippen LogP) is 4.80. The Kier molecular flexibility index (Phi) is 6.40. The first-order valence-corrected chi connectivity index (χ1v) is 9.13. The topological polar surface area (TPSA) is 144 Å². The Morgan fingerprint density at radius 1 is 0.781 bits per heavy atom. The fraction of sp³-hybridized carbons (Fsp3) is 0. The number of carbonyl (C=O) groups excluding carboxylic acids is 2. The minimum atomic E-state index is -0.851. The van der Waals surface area contributed by atoms with E-state index in [0.29, 0.717) is 0 Å². The van der Waals surface area contributed by atoms with Gasteiger partial charge in [-0.1, -0.05) is 17.7 Å². The lowest BCUT2D eigenvalue weighted by atomic mass is 10.1. The normalized spacial score (nSPS) is 10.3. The van der Waals surface area contributed by atoms with Crippen LogP contribution in [0.2, 0.25) is 5.02 Å². The van der Waals surface area contributed by atoms with Crippen molar-refractivity contribution in [2.45, 2.75) is 0 Å².